The maximum atomic E-state index is 10.9. The molecule has 3 nitrogen and oxygen atoms in total. The smallest absolute Gasteiger partial charge is 0.228 e. The summed E-state index contributed by atoms with van der Waals surface area (Å²) in [7, 11) is 0. The molecule has 11 heavy (non-hydrogen) atoms. The van der Waals surface area contributed by atoms with Crippen LogP contribution in [0.15, 0.2) is 0 Å². The Labute approximate surface area is 67.8 Å². The summed E-state index contributed by atoms with van der Waals surface area (Å²) in [6.07, 6.45) is 0.752. The number of rotatable bonds is 1. The van der Waals surface area contributed by atoms with E-state index in [1.807, 2.05) is 13.8 Å². The van der Waals surface area contributed by atoms with Gasteiger partial charge in [0.2, 0.25) is 5.91 Å². The van der Waals surface area contributed by atoms with Crippen LogP contribution in [0.2, 0.25) is 0 Å². The van der Waals surface area contributed by atoms with Crippen LogP contribution in [0.4, 0.5) is 0 Å². The minimum Gasteiger partial charge on any atom is -0.395 e. The molecule has 0 radical (unpaired) electrons. The third-order valence-corrected chi connectivity index (χ3v) is 1.86. The highest BCUT2D eigenvalue weighted by atomic mass is 16.3. The van der Waals surface area contributed by atoms with E-state index in [-0.39, 0.29) is 12.5 Å². The third-order valence-electron chi connectivity index (χ3n) is 1.86. The predicted molar refractivity (Wildman–Crippen MR) is 44.2 cm³/mol. The van der Waals surface area contributed by atoms with E-state index in [4.69, 9.17) is 5.11 Å². The van der Waals surface area contributed by atoms with Gasteiger partial charge in [0, 0.05) is 6.54 Å². The van der Waals surface area contributed by atoms with E-state index >= 15 is 0 Å². The second-order valence-corrected chi connectivity index (χ2v) is 2.72. The molecule has 2 N–H and O–H groups in total. The summed E-state index contributed by atoms with van der Waals surface area (Å²) >= 11 is 0. The van der Waals surface area contributed by atoms with Crippen molar-refractivity contribution < 1.29 is 9.90 Å². The summed E-state index contributed by atoms with van der Waals surface area (Å²) in [5, 5.41) is 11.4. The largest absolute Gasteiger partial charge is 0.395 e. The highest BCUT2D eigenvalue weighted by Gasteiger charge is 2.36. The zero-order chi connectivity index (χ0) is 8.91. The van der Waals surface area contributed by atoms with Crippen LogP contribution in [0.25, 0.3) is 0 Å². The Balaban J connectivity index is 0.000000461. The summed E-state index contributed by atoms with van der Waals surface area (Å²) in [4.78, 5) is 10.9. The van der Waals surface area contributed by atoms with E-state index in [9.17, 15) is 4.79 Å². The Morgan fingerprint density at radius 1 is 1.64 bits per heavy atom. The van der Waals surface area contributed by atoms with Crippen LogP contribution in [0.1, 0.15) is 27.2 Å². The quantitative estimate of drug-likeness (QED) is 0.586. The lowest BCUT2D eigenvalue weighted by Crippen LogP contribution is -2.31. The zero-order valence-electron chi connectivity index (χ0n) is 7.48. The lowest BCUT2D eigenvalue weighted by Gasteiger charge is -2.15. The molecule has 0 bridgehead atoms. The monoisotopic (exact) mass is 159 g/mol. The first-order chi connectivity index (χ1) is 5.19. The standard InChI is InChI=1S/C6H11NO2.C2H6/c1-6(4-8)2-3-7-5(6)9;1-2/h8H,2-4H2,1H3,(H,7,9);1-2H3. The molecule has 1 amide bonds. The van der Waals surface area contributed by atoms with Crippen LogP contribution in [0.5, 0.6) is 0 Å². The van der Waals surface area contributed by atoms with Gasteiger partial charge in [-0.1, -0.05) is 13.8 Å². The number of hydrogen-bond donors (Lipinski definition) is 2. The molecule has 1 unspecified atom stereocenters. The third kappa shape index (κ3) is 2.19. The fourth-order valence-corrected chi connectivity index (χ4v) is 0.930. The first kappa shape index (κ1) is 10.4. The summed E-state index contributed by atoms with van der Waals surface area (Å²) in [6, 6.07) is 0. The second-order valence-electron chi connectivity index (χ2n) is 2.72. The maximum absolute atomic E-state index is 10.9. The average Bonchev–Trinajstić information content (AvgIpc) is 2.38. The molecule has 0 aromatic carbocycles. The topological polar surface area (TPSA) is 49.3 Å². The Morgan fingerprint density at radius 2 is 2.18 bits per heavy atom. The van der Waals surface area contributed by atoms with Gasteiger partial charge < -0.3 is 10.4 Å². The van der Waals surface area contributed by atoms with Gasteiger partial charge in [-0.25, -0.2) is 0 Å². The van der Waals surface area contributed by atoms with Gasteiger partial charge in [0.15, 0.2) is 0 Å². The first-order valence-corrected chi connectivity index (χ1v) is 4.08. The predicted octanol–water partition coefficient (Wildman–Crippen LogP) is 0.531. The Bertz CT molecular complexity index is 136. The normalized spacial score (nSPS) is 28.9. The molecule has 0 aromatic rings. The summed E-state index contributed by atoms with van der Waals surface area (Å²) < 4.78 is 0. The molecule has 0 spiro atoms. The van der Waals surface area contributed by atoms with Crippen molar-refractivity contribution in [1.82, 2.24) is 5.32 Å². The molecule has 1 fully saturated rings. The highest BCUT2D eigenvalue weighted by Crippen LogP contribution is 2.24. The van der Waals surface area contributed by atoms with Crippen molar-refractivity contribution in [2.75, 3.05) is 13.2 Å². The molecular weight excluding hydrogens is 142 g/mol. The molecule has 1 saturated heterocycles. The number of aliphatic hydroxyl groups is 1. The van der Waals surface area contributed by atoms with Gasteiger partial charge in [0.05, 0.1) is 12.0 Å². The molecule has 1 aliphatic heterocycles. The van der Waals surface area contributed by atoms with Gasteiger partial charge in [-0.15, -0.1) is 0 Å². The molecule has 1 atom stereocenters. The van der Waals surface area contributed by atoms with Crippen molar-refractivity contribution in [2.24, 2.45) is 5.41 Å². The van der Waals surface area contributed by atoms with Crippen molar-refractivity contribution in [2.45, 2.75) is 27.2 Å². The molecule has 1 rings (SSSR count). The molecule has 3 heteroatoms. The number of carbonyl (C=O) groups is 1. The van der Waals surface area contributed by atoms with Crippen LogP contribution >= 0.6 is 0 Å². The molecule has 1 heterocycles. The molecular formula is C8H17NO2. The van der Waals surface area contributed by atoms with Crippen LogP contribution < -0.4 is 5.32 Å². The fourth-order valence-electron chi connectivity index (χ4n) is 0.930. The van der Waals surface area contributed by atoms with Crippen molar-refractivity contribution >= 4 is 5.91 Å². The molecule has 0 saturated carbocycles. The van der Waals surface area contributed by atoms with Crippen LogP contribution in [-0.2, 0) is 4.79 Å². The number of amides is 1. The van der Waals surface area contributed by atoms with Gasteiger partial charge in [0.25, 0.3) is 0 Å². The number of nitrogens with one attached hydrogen (secondary N) is 1. The minimum absolute atomic E-state index is 0.0231. The van der Waals surface area contributed by atoms with Crippen molar-refractivity contribution in [3.63, 3.8) is 0 Å². The van der Waals surface area contributed by atoms with E-state index in [0.29, 0.717) is 6.54 Å². The van der Waals surface area contributed by atoms with Crippen molar-refractivity contribution in [3.05, 3.63) is 0 Å². The lowest BCUT2D eigenvalue weighted by molar-refractivity contribution is -0.128. The summed E-state index contributed by atoms with van der Waals surface area (Å²) in [5.41, 5.74) is -0.500. The average molecular weight is 159 g/mol. The van der Waals surface area contributed by atoms with Gasteiger partial charge in [-0.05, 0) is 13.3 Å². The number of carbonyl (C=O) groups excluding carboxylic acids is 1. The van der Waals surface area contributed by atoms with E-state index in [1.54, 1.807) is 6.92 Å². The minimum atomic E-state index is -0.500. The summed E-state index contributed by atoms with van der Waals surface area (Å²) in [6.45, 7) is 6.43. The molecule has 0 aromatic heterocycles. The molecule has 0 aliphatic carbocycles. The van der Waals surface area contributed by atoms with Crippen LogP contribution in [0, 0.1) is 5.41 Å². The molecule has 1 aliphatic rings. The first-order valence-electron chi connectivity index (χ1n) is 4.08. The highest BCUT2D eigenvalue weighted by molar-refractivity contribution is 5.84. The van der Waals surface area contributed by atoms with Crippen molar-refractivity contribution in [1.29, 1.82) is 0 Å². The van der Waals surface area contributed by atoms with Gasteiger partial charge in [0.1, 0.15) is 0 Å². The Morgan fingerprint density at radius 3 is 2.36 bits per heavy atom. The Hall–Kier alpha value is -0.570. The van der Waals surface area contributed by atoms with E-state index in [1.165, 1.54) is 0 Å². The number of hydrogen-bond acceptors (Lipinski definition) is 2. The van der Waals surface area contributed by atoms with Crippen LogP contribution in [-0.4, -0.2) is 24.2 Å². The number of aliphatic hydroxyl groups excluding tert-OH is 1. The maximum Gasteiger partial charge on any atom is 0.228 e. The van der Waals surface area contributed by atoms with E-state index in [0.717, 1.165) is 6.42 Å². The van der Waals surface area contributed by atoms with Gasteiger partial charge in [-0.3, -0.25) is 4.79 Å². The SMILES string of the molecule is CC.CC1(CO)CCNC1=O. The lowest BCUT2D eigenvalue weighted by atomic mass is 9.90. The van der Waals surface area contributed by atoms with Crippen molar-refractivity contribution in [3.8, 4) is 0 Å². The fraction of sp³-hybridized carbons (Fsp3) is 0.875. The van der Waals surface area contributed by atoms with E-state index < -0.39 is 5.41 Å². The second kappa shape index (κ2) is 4.34. The van der Waals surface area contributed by atoms with Crippen LogP contribution in [0.3, 0.4) is 0 Å². The summed E-state index contributed by atoms with van der Waals surface area (Å²) in [5.74, 6) is -0.0231. The van der Waals surface area contributed by atoms with E-state index in [2.05, 4.69) is 5.32 Å². The molecule has 66 valence electrons. The van der Waals surface area contributed by atoms with Gasteiger partial charge >= 0.3 is 0 Å². The Kier molecular flexibility index (Phi) is 4.11. The van der Waals surface area contributed by atoms with Gasteiger partial charge in [-0.2, -0.15) is 0 Å². The zero-order valence-corrected chi connectivity index (χ0v) is 7.48.